The quantitative estimate of drug-likeness (QED) is 0.538. The molecule has 4 nitrogen and oxygen atoms in total. The Morgan fingerprint density at radius 2 is 1.69 bits per heavy atom. The maximum atomic E-state index is 6.48. The van der Waals surface area contributed by atoms with E-state index in [-0.39, 0.29) is 0 Å². The maximum absolute atomic E-state index is 6.48. The second-order valence-electron chi connectivity index (χ2n) is 6.00. The Kier molecular flexibility index (Phi) is 9.32. The summed E-state index contributed by atoms with van der Waals surface area (Å²) in [6.07, 6.45) is 1.10. The molecule has 0 bridgehead atoms. The summed E-state index contributed by atoms with van der Waals surface area (Å²) in [6.45, 7) is 8.86. The van der Waals surface area contributed by atoms with Gasteiger partial charge in [-0.2, -0.15) is 0 Å². The van der Waals surface area contributed by atoms with Crippen LogP contribution in [0.25, 0.3) is 0 Å². The van der Waals surface area contributed by atoms with Crippen LogP contribution in [0.1, 0.15) is 31.4 Å². The van der Waals surface area contributed by atoms with E-state index < -0.39 is 0 Å². The fourth-order valence-electron chi connectivity index (χ4n) is 2.60. The predicted octanol–water partition coefficient (Wildman–Crippen LogP) is 4.41. The van der Waals surface area contributed by atoms with Crippen molar-refractivity contribution in [2.24, 2.45) is 0 Å². The predicted molar refractivity (Wildman–Crippen MR) is 108 cm³/mol. The highest BCUT2D eigenvalue weighted by molar-refractivity contribution is 6.32. The summed E-state index contributed by atoms with van der Waals surface area (Å²) < 4.78 is 11.7. The third kappa shape index (κ3) is 6.87. The Bertz CT molecular complexity index is 650. The zero-order valence-electron chi connectivity index (χ0n) is 15.7. The van der Waals surface area contributed by atoms with Crippen LogP contribution in [0, 0.1) is 0 Å². The number of halogens is 1. The average molecular weight is 377 g/mol. The summed E-state index contributed by atoms with van der Waals surface area (Å²) >= 11 is 6.48. The average Bonchev–Trinajstić information content (AvgIpc) is 2.65. The molecule has 2 aromatic rings. The number of benzene rings is 2. The molecule has 0 unspecified atom stereocenters. The molecule has 26 heavy (non-hydrogen) atoms. The Morgan fingerprint density at radius 3 is 2.42 bits per heavy atom. The SMILES string of the molecule is CCNCCCNCc1cc(Cl)c(OCc2ccccc2)c(OCC)c1. The highest BCUT2D eigenvalue weighted by Gasteiger charge is 2.13. The van der Waals surface area contributed by atoms with Gasteiger partial charge in [0.05, 0.1) is 11.6 Å². The fourth-order valence-corrected chi connectivity index (χ4v) is 2.89. The van der Waals surface area contributed by atoms with Crippen molar-refractivity contribution in [2.45, 2.75) is 33.4 Å². The lowest BCUT2D eigenvalue weighted by atomic mass is 10.2. The molecule has 2 aromatic carbocycles. The molecule has 0 saturated carbocycles. The van der Waals surface area contributed by atoms with E-state index >= 15 is 0 Å². The van der Waals surface area contributed by atoms with Gasteiger partial charge in [-0.15, -0.1) is 0 Å². The van der Waals surface area contributed by atoms with Gasteiger partial charge in [-0.25, -0.2) is 0 Å². The van der Waals surface area contributed by atoms with E-state index in [0.717, 1.165) is 43.7 Å². The Morgan fingerprint density at radius 1 is 0.923 bits per heavy atom. The summed E-state index contributed by atoms with van der Waals surface area (Å²) in [5, 5.41) is 7.34. The van der Waals surface area contributed by atoms with Gasteiger partial charge in [-0.3, -0.25) is 0 Å². The number of hydrogen-bond acceptors (Lipinski definition) is 4. The van der Waals surface area contributed by atoms with Crippen molar-refractivity contribution >= 4 is 11.6 Å². The van der Waals surface area contributed by atoms with Crippen molar-refractivity contribution in [3.63, 3.8) is 0 Å². The molecule has 0 saturated heterocycles. The highest BCUT2D eigenvalue weighted by Crippen LogP contribution is 2.37. The van der Waals surface area contributed by atoms with Crippen molar-refractivity contribution in [2.75, 3.05) is 26.2 Å². The van der Waals surface area contributed by atoms with Crippen LogP contribution in [-0.2, 0) is 13.2 Å². The van der Waals surface area contributed by atoms with Crippen LogP contribution in [0.15, 0.2) is 42.5 Å². The van der Waals surface area contributed by atoms with Crippen LogP contribution in [0.4, 0.5) is 0 Å². The lowest BCUT2D eigenvalue weighted by Gasteiger charge is -2.16. The van der Waals surface area contributed by atoms with Crippen LogP contribution in [0.5, 0.6) is 11.5 Å². The summed E-state index contributed by atoms with van der Waals surface area (Å²) in [7, 11) is 0. The first kappa shape index (κ1) is 20.6. The van der Waals surface area contributed by atoms with Gasteiger partial charge in [0.15, 0.2) is 11.5 Å². The van der Waals surface area contributed by atoms with Gasteiger partial charge in [-0.1, -0.05) is 48.9 Å². The lowest BCUT2D eigenvalue weighted by Crippen LogP contribution is -2.21. The van der Waals surface area contributed by atoms with E-state index in [1.54, 1.807) is 0 Å². The van der Waals surface area contributed by atoms with E-state index in [4.69, 9.17) is 21.1 Å². The largest absolute Gasteiger partial charge is 0.490 e. The molecule has 0 amide bonds. The number of ether oxygens (including phenoxy) is 2. The van der Waals surface area contributed by atoms with Crippen molar-refractivity contribution in [1.82, 2.24) is 10.6 Å². The first-order chi connectivity index (χ1) is 12.7. The van der Waals surface area contributed by atoms with E-state index in [1.807, 2.05) is 49.4 Å². The summed E-state index contributed by atoms with van der Waals surface area (Å²) in [4.78, 5) is 0. The van der Waals surface area contributed by atoms with Gasteiger partial charge in [0.2, 0.25) is 0 Å². The molecule has 0 spiro atoms. The Balaban J connectivity index is 1.97. The number of hydrogen-bond donors (Lipinski definition) is 2. The summed E-state index contributed by atoms with van der Waals surface area (Å²) in [6, 6.07) is 14.0. The van der Waals surface area contributed by atoms with Gasteiger partial charge >= 0.3 is 0 Å². The van der Waals surface area contributed by atoms with Gasteiger partial charge < -0.3 is 20.1 Å². The molecule has 0 atom stereocenters. The first-order valence-electron chi connectivity index (χ1n) is 9.28. The number of nitrogens with one attached hydrogen (secondary N) is 2. The first-order valence-corrected chi connectivity index (χ1v) is 9.65. The third-order valence-corrected chi connectivity index (χ3v) is 4.16. The molecular weight excluding hydrogens is 348 g/mol. The minimum Gasteiger partial charge on any atom is -0.490 e. The van der Waals surface area contributed by atoms with E-state index in [2.05, 4.69) is 17.6 Å². The fraction of sp³-hybridized carbons (Fsp3) is 0.429. The van der Waals surface area contributed by atoms with Crippen LogP contribution in [0.2, 0.25) is 5.02 Å². The molecule has 0 aliphatic rings. The highest BCUT2D eigenvalue weighted by atomic mass is 35.5. The van der Waals surface area contributed by atoms with Crippen LogP contribution < -0.4 is 20.1 Å². The van der Waals surface area contributed by atoms with Crippen molar-refractivity contribution < 1.29 is 9.47 Å². The summed E-state index contributed by atoms with van der Waals surface area (Å²) in [5.41, 5.74) is 2.19. The maximum Gasteiger partial charge on any atom is 0.180 e. The van der Waals surface area contributed by atoms with Gasteiger partial charge in [0.1, 0.15) is 6.61 Å². The van der Waals surface area contributed by atoms with Crippen molar-refractivity contribution in [3.05, 3.63) is 58.6 Å². The minimum absolute atomic E-state index is 0.461. The standard InChI is InChI=1S/C21H29ClN2O2/c1-3-23-11-8-12-24-15-18-13-19(22)21(20(14-18)25-4-2)26-16-17-9-6-5-7-10-17/h5-7,9-10,13-14,23-24H,3-4,8,11-12,15-16H2,1-2H3. The molecule has 2 rings (SSSR count). The molecular formula is C21H29ClN2O2. The zero-order valence-corrected chi connectivity index (χ0v) is 16.4. The molecule has 0 aliphatic carbocycles. The zero-order chi connectivity index (χ0) is 18.6. The second kappa shape index (κ2) is 11.8. The van der Waals surface area contributed by atoms with Crippen molar-refractivity contribution in [1.29, 1.82) is 0 Å². The molecule has 142 valence electrons. The molecule has 2 N–H and O–H groups in total. The van der Waals surface area contributed by atoms with E-state index in [1.165, 1.54) is 0 Å². The van der Waals surface area contributed by atoms with Crippen LogP contribution in [0.3, 0.4) is 0 Å². The second-order valence-corrected chi connectivity index (χ2v) is 6.40. The normalized spacial score (nSPS) is 10.7. The van der Waals surface area contributed by atoms with E-state index in [9.17, 15) is 0 Å². The van der Waals surface area contributed by atoms with Crippen LogP contribution >= 0.6 is 11.6 Å². The lowest BCUT2D eigenvalue weighted by molar-refractivity contribution is 0.269. The monoisotopic (exact) mass is 376 g/mol. The molecule has 0 radical (unpaired) electrons. The smallest absolute Gasteiger partial charge is 0.180 e. The Labute approximate surface area is 161 Å². The molecule has 5 heteroatoms. The molecule has 0 fully saturated rings. The van der Waals surface area contributed by atoms with Gasteiger partial charge in [0.25, 0.3) is 0 Å². The summed E-state index contributed by atoms with van der Waals surface area (Å²) in [5.74, 6) is 1.30. The van der Waals surface area contributed by atoms with Gasteiger partial charge in [0, 0.05) is 6.54 Å². The Hall–Kier alpha value is -1.75. The third-order valence-electron chi connectivity index (χ3n) is 3.88. The van der Waals surface area contributed by atoms with Gasteiger partial charge in [-0.05, 0) is 56.2 Å². The topological polar surface area (TPSA) is 42.5 Å². The minimum atomic E-state index is 0.461. The van der Waals surface area contributed by atoms with E-state index in [0.29, 0.717) is 29.7 Å². The molecule has 0 aliphatic heterocycles. The molecule has 0 heterocycles. The molecule has 0 aromatic heterocycles. The number of rotatable bonds is 12. The van der Waals surface area contributed by atoms with Crippen molar-refractivity contribution in [3.8, 4) is 11.5 Å². The van der Waals surface area contributed by atoms with Crippen LogP contribution in [-0.4, -0.2) is 26.2 Å².